The Balaban J connectivity index is 1.81. The summed E-state index contributed by atoms with van der Waals surface area (Å²) >= 11 is 0. The minimum absolute atomic E-state index is 0.0640. The highest BCUT2D eigenvalue weighted by Crippen LogP contribution is 2.45. The van der Waals surface area contributed by atoms with Crippen LogP contribution in [0.1, 0.15) is 44.1 Å². The Hall–Kier alpha value is -5.39. The number of carbonyl (C=O) groups is 2. The number of rotatable bonds is 11. The predicted octanol–water partition coefficient (Wildman–Crippen LogP) is 6.61. The zero-order valence-corrected chi connectivity index (χ0v) is 28.3. The molecule has 1 fully saturated rings. The number of nitrogens with zero attached hydrogens (tertiary/aromatic N) is 1. The van der Waals surface area contributed by atoms with Crippen molar-refractivity contribution in [1.82, 2.24) is 4.57 Å². The largest absolute Gasteiger partial charge is 0.493 e. The van der Waals surface area contributed by atoms with E-state index in [0.717, 1.165) is 12.8 Å². The summed E-state index contributed by atoms with van der Waals surface area (Å²) in [5.41, 5.74) is 0.317. The molecule has 0 aliphatic heterocycles. The highest BCUT2D eigenvalue weighted by molar-refractivity contribution is 6.08. The van der Waals surface area contributed by atoms with Crippen molar-refractivity contribution in [3.63, 3.8) is 0 Å². The van der Waals surface area contributed by atoms with Crippen molar-refractivity contribution < 1.29 is 42.7 Å². The van der Waals surface area contributed by atoms with Gasteiger partial charge in [0.15, 0.2) is 23.0 Å². The fourth-order valence-electron chi connectivity index (χ4n) is 5.34. The van der Waals surface area contributed by atoms with Crippen LogP contribution in [0.5, 0.6) is 28.7 Å². The quantitative estimate of drug-likeness (QED) is 0.175. The number of amides is 1. The number of carbonyl (C=O) groups excluding carboxylic acids is 2. The van der Waals surface area contributed by atoms with E-state index >= 15 is 0 Å². The minimum atomic E-state index is -0.776. The standard InChI is InChI=1S/C36H40N2O10/c1-36(2,3)48-35(41)37-22-11-13-23(14-12-22)38-31(34(40)46-8)30(21-15-28(43-5)32(45-7)29(16-21)44-6)24-17-26(42-4)27(18-25(24)33(38)39)47-19-20-9-10-20/h11-18,20H,9-10,19H2,1-8H3,(H,37,41). The highest BCUT2D eigenvalue weighted by atomic mass is 16.6. The molecule has 1 amide bonds. The molecule has 1 N–H and O–H groups in total. The molecule has 0 saturated heterocycles. The Bertz CT molecular complexity index is 1880. The first-order chi connectivity index (χ1) is 22.9. The van der Waals surface area contributed by atoms with Gasteiger partial charge in [-0.3, -0.25) is 14.7 Å². The van der Waals surface area contributed by atoms with Gasteiger partial charge in [-0.2, -0.15) is 0 Å². The van der Waals surface area contributed by atoms with Gasteiger partial charge in [0.1, 0.15) is 11.3 Å². The number of fused-ring (bicyclic) bond motifs is 1. The van der Waals surface area contributed by atoms with E-state index in [4.69, 9.17) is 33.2 Å². The van der Waals surface area contributed by atoms with Gasteiger partial charge >= 0.3 is 12.1 Å². The summed E-state index contributed by atoms with van der Waals surface area (Å²) in [5, 5.41) is 3.35. The van der Waals surface area contributed by atoms with E-state index in [2.05, 4.69) is 5.32 Å². The molecule has 1 aromatic heterocycles. The third-order valence-electron chi connectivity index (χ3n) is 7.74. The van der Waals surface area contributed by atoms with E-state index in [-0.39, 0.29) is 11.1 Å². The molecule has 12 nitrogen and oxygen atoms in total. The van der Waals surface area contributed by atoms with Gasteiger partial charge in [0, 0.05) is 22.3 Å². The summed E-state index contributed by atoms with van der Waals surface area (Å²) in [5.74, 6) is 1.49. The van der Waals surface area contributed by atoms with Crippen LogP contribution in [0.4, 0.5) is 10.5 Å². The molecule has 12 heteroatoms. The Kier molecular flexibility index (Phi) is 9.74. The number of aromatic nitrogens is 1. The van der Waals surface area contributed by atoms with Crippen molar-refractivity contribution in [2.24, 2.45) is 5.92 Å². The molecule has 48 heavy (non-hydrogen) atoms. The maximum absolute atomic E-state index is 14.5. The van der Waals surface area contributed by atoms with Crippen molar-refractivity contribution in [3.8, 4) is 45.6 Å². The predicted molar refractivity (Wildman–Crippen MR) is 181 cm³/mol. The van der Waals surface area contributed by atoms with Gasteiger partial charge in [-0.1, -0.05) is 0 Å². The maximum Gasteiger partial charge on any atom is 0.412 e. The van der Waals surface area contributed by atoms with Gasteiger partial charge < -0.3 is 33.2 Å². The molecule has 3 aromatic carbocycles. The van der Waals surface area contributed by atoms with Gasteiger partial charge in [0.2, 0.25) is 5.75 Å². The lowest BCUT2D eigenvalue weighted by atomic mass is 9.95. The number of hydrogen-bond donors (Lipinski definition) is 1. The van der Waals surface area contributed by atoms with Crippen LogP contribution in [0.25, 0.3) is 27.6 Å². The summed E-state index contributed by atoms with van der Waals surface area (Å²) in [7, 11) is 7.22. The molecule has 0 spiro atoms. The van der Waals surface area contributed by atoms with E-state index < -0.39 is 23.2 Å². The third kappa shape index (κ3) is 6.97. The van der Waals surface area contributed by atoms with Crippen molar-refractivity contribution in [2.75, 3.05) is 47.5 Å². The molecule has 0 unspecified atom stereocenters. The summed E-state index contributed by atoms with van der Waals surface area (Å²) in [4.78, 5) is 40.7. The van der Waals surface area contributed by atoms with Crippen LogP contribution in [0.3, 0.4) is 0 Å². The third-order valence-corrected chi connectivity index (χ3v) is 7.74. The van der Waals surface area contributed by atoms with Crippen LogP contribution in [0.2, 0.25) is 0 Å². The van der Waals surface area contributed by atoms with Crippen LogP contribution >= 0.6 is 0 Å². The molecule has 254 valence electrons. The average molecular weight is 661 g/mol. The molecule has 0 atom stereocenters. The van der Waals surface area contributed by atoms with Gasteiger partial charge in [-0.15, -0.1) is 0 Å². The lowest BCUT2D eigenvalue weighted by molar-refractivity contribution is 0.0589. The summed E-state index contributed by atoms with van der Waals surface area (Å²) in [6.45, 7) is 5.78. The monoisotopic (exact) mass is 660 g/mol. The Morgan fingerprint density at radius 1 is 0.812 bits per heavy atom. The smallest absolute Gasteiger partial charge is 0.412 e. The summed E-state index contributed by atoms with van der Waals surface area (Å²) < 4.78 is 40.6. The number of anilines is 1. The number of methoxy groups -OCH3 is 5. The Morgan fingerprint density at radius 3 is 1.94 bits per heavy atom. The average Bonchev–Trinajstić information content (AvgIpc) is 3.90. The van der Waals surface area contributed by atoms with Gasteiger partial charge in [0.05, 0.1) is 47.5 Å². The first-order valence-electron chi connectivity index (χ1n) is 15.4. The molecule has 1 saturated carbocycles. The van der Waals surface area contributed by atoms with E-state index in [1.54, 1.807) is 69.3 Å². The van der Waals surface area contributed by atoms with E-state index in [9.17, 15) is 14.4 Å². The molecule has 0 radical (unpaired) electrons. The molecule has 4 aromatic rings. The zero-order chi connectivity index (χ0) is 34.7. The number of esters is 1. The molecule has 0 bridgehead atoms. The van der Waals surface area contributed by atoms with Crippen LogP contribution < -0.4 is 34.6 Å². The second kappa shape index (κ2) is 13.8. The maximum atomic E-state index is 14.5. The number of ether oxygens (including phenoxy) is 7. The number of nitrogens with one attached hydrogen (secondary N) is 1. The Labute approximate surface area is 278 Å². The summed E-state index contributed by atoms with van der Waals surface area (Å²) in [6, 6.07) is 13.1. The normalized spacial score (nSPS) is 12.7. The molecular weight excluding hydrogens is 620 g/mol. The number of hydrogen-bond acceptors (Lipinski definition) is 10. The molecule has 1 heterocycles. The van der Waals surface area contributed by atoms with Crippen LogP contribution in [-0.4, -0.2) is 64.4 Å². The minimum Gasteiger partial charge on any atom is -0.493 e. The number of benzene rings is 3. The van der Waals surface area contributed by atoms with Crippen molar-refractivity contribution in [1.29, 1.82) is 0 Å². The lowest BCUT2D eigenvalue weighted by Gasteiger charge is -2.22. The zero-order valence-electron chi connectivity index (χ0n) is 28.3. The van der Waals surface area contributed by atoms with Crippen molar-refractivity contribution >= 4 is 28.5 Å². The van der Waals surface area contributed by atoms with E-state index in [1.807, 2.05) is 0 Å². The molecule has 1 aliphatic carbocycles. The number of pyridine rings is 1. The first-order valence-corrected chi connectivity index (χ1v) is 15.4. The lowest BCUT2D eigenvalue weighted by Crippen LogP contribution is -2.27. The van der Waals surface area contributed by atoms with Crippen molar-refractivity contribution in [3.05, 3.63) is 64.6 Å². The van der Waals surface area contributed by atoms with Crippen molar-refractivity contribution in [2.45, 2.75) is 39.2 Å². The second-order valence-corrected chi connectivity index (χ2v) is 12.2. The van der Waals surface area contributed by atoms with E-state index in [0.29, 0.717) is 69.2 Å². The first kappa shape index (κ1) is 34.0. The SMILES string of the molecule is COC(=O)c1c(-c2cc(OC)c(OC)c(OC)c2)c2cc(OC)c(OCC3CC3)cc2c(=O)n1-c1ccc(NC(=O)OC(C)(C)C)cc1. The molecule has 5 rings (SSSR count). The molecule has 1 aliphatic rings. The van der Waals surface area contributed by atoms with Gasteiger partial charge in [0.25, 0.3) is 5.56 Å². The highest BCUT2D eigenvalue weighted by Gasteiger charge is 2.29. The van der Waals surface area contributed by atoms with Gasteiger partial charge in [-0.05, 0) is 93.6 Å². The van der Waals surface area contributed by atoms with E-state index in [1.165, 1.54) is 40.1 Å². The van der Waals surface area contributed by atoms with Crippen LogP contribution in [-0.2, 0) is 9.47 Å². The Morgan fingerprint density at radius 2 is 1.42 bits per heavy atom. The van der Waals surface area contributed by atoms with Gasteiger partial charge in [-0.25, -0.2) is 9.59 Å². The molecular formula is C36H40N2O10. The van der Waals surface area contributed by atoms with Crippen LogP contribution in [0, 0.1) is 5.92 Å². The fourth-order valence-corrected chi connectivity index (χ4v) is 5.34. The summed E-state index contributed by atoms with van der Waals surface area (Å²) in [6.07, 6.45) is 1.52. The second-order valence-electron chi connectivity index (χ2n) is 12.2. The van der Waals surface area contributed by atoms with Crippen LogP contribution in [0.15, 0.2) is 53.3 Å². The topological polar surface area (TPSA) is 133 Å². The fraction of sp³-hybridized carbons (Fsp3) is 0.361.